The first kappa shape index (κ1) is 15.3. The molecule has 21 heavy (non-hydrogen) atoms. The summed E-state index contributed by atoms with van der Waals surface area (Å²) < 4.78 is 0.529. The van der Waals surface area contributed by atoms with E-state index in [1.807, 2.05) is 19.9 Å². The van der Waals surface area contributed by atoms with E-state index in [4.69, 9.17) is 0 Å². The van der Waals surface area contributed by atoms with Crippen LogP contribution < -0.4 is 5.32 Å². The fourth-order valence-electron chi connectivity index (χ4n) is 2.01. The Balaban J connectivity index is 2.41. The van der Waals surface area contributed by atoms with Crippen LogP contribution in [0.15, 0.2) is 40.9 Å². The zero-order chi connectivity index (χ0) is 15.6. The Morgan fingerprint density at radius 2 is 1.67 bits per heavy atom. The van der Waals surface area contributed by atoms with E-state index in [9.17, 15) is 14.7 Å². The predicted molar refractivity (Wildman–Crippen MR) is 85.0 cm³/mol. The molecule has 0 fully saturated rings. The van der Waals surface area contributed by atoms with Crippen LogP contribution in [0.1, 0.15) is 31.8 Å². The van der Waals surface area contributed by atoms with E-state index in [1.165, 1.54) is 6.07 Å². The van der Waals surface area contributed by atoms with Crippen molar-refractivity contribution >= 4 is 33.5 Å². The first-order valence-electron chi connectivity index (χ1n) is 6.31. The third kappa shape index (κ3) is 3.13. The second-order valence-electron chi connectivity index (χ2n) is 4.67. The van der Waals surface area contributed by atoms with Gasteiger partial charge in [0.15, 0.2) is 0 Å². The molecule has 0 aliphatic rings. The second kappa shape index (κ2) is 6.10. The van der Waals surface area contributed by atoms with E-state index in [-0.39, 0.29) is 17.2 Å². The molecule has 2 rings (SSSR count). The first-order chi connectivity index (χ1) is 9.91. The number of carboxylic acids is 1. The summed E-state index contributed by atoms with van der Waals surface area (Å²) in [6, 6.07) is 10.2. The van der Waals surface area contributed by atoms with Crippen molar-refractivity contribution in [2.75, 3.05) is 5.32 Å². The van der Waals surface area contributed by atoms with E-state index in [0.29, 0.717) is 10.0 Å². The summed E-state index contributed by atoms with van der Waals surface area (Å²) in [7, 11) is 0. The van der Waals surface area contributed by atoms with Gasteiger partial charge in [-0.3, -0.25) is 4.79 Å². The van der Waals surface area contributed by atoms with Crippen LogP contribution in [0.3, 0.4) is 0 Å². The number of halogens is 1. The number of anilines is 1. The molecule has 1 amide bonds. The molecule has 4 nitrogen and oxygen atoms in total. The highest BCUT2D eigenvalue weighted by Crippen LogP contribution is 2.27. The normalized spacial score (nSPS) is 10.2. The molecule has 0 spiro atoms. The molecule has 2 aromatic rings. The van der Waals surface area contributed by atoms with Gasteiger partial charge in [0.05, 0.1) is 11.3 Å². The second-order valence-corrected chi connectivity index (χ2v) is 5.52. The molecule has 0 saturated heterocycles. The molecule has 2 N–H and O–H groups in total. The monoisotopic (exact) mass is 347 g/mol. The van der Waals surface area contributed by atoms with Crippen LogP contribution in [0.25, 0.3) is 0 Å². The minimum atomic E-state index is -1.09. The maximum Gasteiger partial charge on any atom is 0.337 e. The Hall–Kier alpha value is -2.14. The van der Waals surface area contributed by atoms with Crippen molar-refractivity contribution in [2.45, 2.75) is 13.8 Å². The predicted octanol–water partition coefficient (Wildman–Crippen LogP) is 4.02. The Morgan fingerprint density at radius 1 is 1.05 bits per heavy atom. The van der Waals surface area contributed by atoms with E-state index in [0.717, 1.165) is 11.1 Å². The fourth-order valence-corrected chi connectivity index (χ4v) is 2.47. The molecule has 0 unspecified atom stereocenters. The maximum absolute atomic E-state index is 12.4. The molecule has 0 aliphatic carbocycles. The quantitative estimate of drug-likeness (QED) is 0.881. The number of amides is 1. The summed E-state index contributed by atoms with van der Waals surface area (Å²) in [6.45, 7) is 3.79. The highest BCUT2D eigenvalue weighted by Gasteiger charge is 2.17. The zero-order valence-corrected chi connectivity index (χ0v) is 13.2. The van der Waals surface area contributed by atoms with Gasteiger partial charge in [-0.2, -0.15) is 0 Å². The van der Waals surface area contributed by atoms with Crippen LogP contribution in [0.4, 0.5) is 5.69 Å². The van der Waals surface area contributed by atoms with Gasteiger partial charge in [0.1, 0.15) is 0 Å². The van der Waals surface area contributed by atoms with Gasteiger partial charge < -0.3 is 10.4 Å². The number of nitrogens with one attached hydrogen (secondary N) is 1. The smallest absolute Gasteiger partial charge is 0.337 e. The van der Waals surface area contributed by atoms with Crippen LogP contribution in [0.2, 0.25) is 0 Å². The minimum absolute atomic E-state index is 0.0445. The molecule has 0 aromatic heterocycles. The number of carbonyl (C=O) groups excluding carboxylic acids is 1. The lowest BCUT2D eigenvalue weighted by atomic mass is 10.0. The SMILES string of the molecule is Cc1cccc(C(=O)Nc2c(Br)cccc2C(=O)O)c1C. The van der Waals surface area contributed by atoms with E-state index in [1.54, 1.807) is 24.3 Å². The zero-order valence-electron chi connectivity index (χ0n) is 11.6. The summed E-state index contributed by atoms with van der Waals surface area (Å²) >= 11 is 3.27. The third-order valence-corrected chi connectivity index (χ3v) is 3.99. The number of aryl methyl sites for hydroxylation is 1. The molecule has 2 aromatic carbocycles. The number of hydrogen-bond donors (Lipinski definition) is 2. The van der Waals surface area contributed by atoms with Gasteiger partial charge in [-0.1, -0.05) is 18.2 Å². The maximum atomic E-state index is 12.4. The topological polar surface area (TPSA) is 66.4 Å². The van der Waals surface area contributed by atoms with Crippen LogP contribution in [0.5, 0.6) is 0 Å². The highest BCUT2D eigenvalue weighted by molar-refractivity contribution is 9.10. The van der Waals surface area contributed by atoms with Gasteiger partial charge in [-0.05, 0) is 59.1 Å². The summed E-state index contributed by atoms with van der Waals surface area (Å²) in [5, 5.41) is 11.9. The number of rotatable bonds is 3. The molecule has 0 atom stereocenters. The molecular formula is C16H14BrNO3. The number of para-hydroxylation sites is 1. The van der Waals surface area contributed by atoms with Crippen molar-refractivity contribution in [3.05, 3.63) is 63.1 Å². The van der Waals surface area contributed by atoms with Crippen molar-refractivity contribution < 1.29 is 14.7 Å². The lowest BCUT2D eigenvalue weighted by Crippen LogP contribution is -2.16. The van der Waals surface area contributed by atoms with E-state index >= 15 is 0 Å². The summed E-state index contributed by atoms with van der Waals surface area (Å²) in [4.78, 5) is 23.6. The molecular weight excluding hydrogens is 334 g/mol. The van der Waals surface area contributed by atoms with E-state index < -0.39 is 5.97 Å². The van der Waals surface area contributed by atoms with Crippen molar-refractivity contribution in [1.82, 2.24) is 0 Å². The number of carboxylic acid groups (broad SMARTS) is 1. The Kier molecular flexibility index (Phi) is 4.43. The Bertz CT molecular complexity index is 725. The van der Waals surface area contributed by atoms with Gasteiger partial charge in [0.2, 0.25) is 0 Å². The third-order valence-electron chi connectivity index (χ3n) is 3.33. The lowest BCUT2D eigenvalue weighted by Gasteiger charge is -2.12. The number of hydrogen-bond acceptors (Lipinski definition) is 2. The van der Waals surface area contributed by atoms with Gasteiger partial charge in [0, 0.05) is 10.0 Å². The molecule has 108 valence electrons. The van der Waals surface area contributed by atoms with Gasteiger partial charge in [-0.15, -0.1) is 0 Å². The lowest BCUT2D eigenvalue weighted by molar-refractivity contribution is 0.0698. The molecule has 0 aliphatic heterocycles. The Morgan fingerprint density at radius 3 is 2.33 bits per heavy atom. The van der Waals surface area contributed by atoms with Crippen molar-refractivity contribution in [3.63, 3.8) is 0 Å². The summed E-state index contributed by atoms with van der Waals surface area (Å²) in [5.74, 6) is -1.42. The first-order valence-corrected chi connectivity index (χ1v) is 7.10. The highest BCUT2D eigenvalue weighted by atomic mass is 79.9. The minimum Gasteiger partial charge on any atom is -0.478 e. The Labute approximate surface area is 130 Å². The van der Waals surface area contributed by atoms with Crippen LogP contribution in [0, 0.1) is 13.8 Å². The van der Waals surface area contributed by atoms with Gasteiger partial charge in [-0.25, -0.2) is 4.79 Å². The van der Waals surface area contributed by atoms with Gasteiger partial charge >= 0.3 is 5.97 Å². The van der Waals surface area contributed by atoms with Crippen molar-refractivity contribution in [1.29, 1.82) is 0 Å². The molecule has 0 heterocycles. The molecule has 0 radical (unpaired) electrons. The van der Waals surface area contributed by atoms with Crippen LogP contribution in [-0.2, 0) is 0 Å². The average Bonchev–Trinajstić information content (AvgIpc) is 2.43. The number of aromatic carboxylic acids is 1. The van der Waals surface area contributed by atoms with Gasteiger partial charge in [0.25, 0.3) is 5.91 Å². The molecule has 0 saturated carbocycles. The number of benzene rings is 2. The number of carbonyl (C=O) groups is 2. The summed E-state index contributed by atoms with van der Waals surface area (Å²) in [6.07, 6.45) is 0. The molecule has 0 bridgehead atoms. The van der Waals surface area contributed by atoms with Crippen molar-refractivity contribution in [2.24, 2.45) is 0 Å². The summed E-state index contributed by atoms with van der Waals surface area (Å²) in [5.41, 5.74) is 2.72. The van der Waals surface area contributed by atoms with E-state index in [2.05, 4.69) is 21.2 Å². The van der Waals surface area contributed by atoms with Crippen LogP contribution >= 0.6 is 15.9 Å². The average molecular weight is 348 g/mol. The van der Waals surface area contributed by atoms with Crippen molar-refractivity contribution in [3.8, 4) is 0 Å². The van der Waals surface area contributed by atoms with Crippen LogP contribution in [-0.4, -0.2) is 17.0 Å². The standard InChI is InChI=1S/C16H14BrNO3/c1-9-5-3-6-11(10(9)2)15(19)18-14-12(16(20)21)7-4-8-13(14)17/h3-8H,1-2H3,(H,18,19)(H,20,21). The molecule has 5 heteroatoms. The fraction of sp³-hybridized carbons (Fsp3) is 0.125. The largest absolute Gasteiger partial charge is 0.478 e.